The molecule has 0 aliphatic rings. The molecule has 0 bridgehead atoms. The lowest BCUT2D eigenvalue weighted by Gasteiger charge is -2.10. The summed E-state index contributed by atoms with van der Waals surface area (Å²) in [6, 6.07) is 0. The number of aliphatic carboxylic acids is 1. The van der Waals surface area contributed by atoms with Crippen LogP contribution in [0.2, 0.25) is 0 Å². The maximum Gasteiger partial charge on any atom is 0.303 e. The molecule has 8 heteroatoms. The molecule has 38 heavy (non-hydrogen) atoms. The number of carbonyl (C=O) groups excluding carboxylic acids is 3. The van der Waals surface area contributed by atoms with E-state index in [0.717, 1.165) is 32.1 Å². The van der Waals surface area contributed by atoms with Gasteiger partial charge in [0.1, 0.15) is 5.78 Å². The van der Waals surface area contributed by atoms with Crippen LogP contribution < -0.4 is 11.1 Å². The van der Waals surface area contributed by atoms with E-state index in [1.807, 2.05) is 0 Å². The van der Waals surface area contributed by atoms with Gasteiger partial charge in [0, 0.05) is 32.2 Å². The average molecular weight is 537 g/mol. The van der Waals surface area contributed by atoms with Crippen LogP contribution in [0.4, 0.5) is 0 Å². The first-order chi connectivity index (χ1) is 18.3. The molecule has 0 aromatic rings. The van der Waals surface area contributed by atoms with Crippen molar-refractivity contribution >= 4 is 23.6 Å². The van der Waals surface area contributed by atoms with Gasteiger partial charge in [0.05, 0.1) is 18.4 Å². The standard InChI is InChI=1S/C30H52N2O6/c1-25(27(34)23-26(24-33)30(31)38)19-15-14-18-22-32-28(35)20-16-12-10-8-6-4-2-3-5-7-9-11-13-17-21-29(36)37/h25-26,33H,2-14,16-18,20-24H2,1H3,(H2,31,38)(H,32,35)(H,36,37)/t25?,26-/m0/s1. The summed E-state index contributed by atoms with van der Waals surface area (Å²) in [7, 11) is 0. The van der Waals surface area contributed by atoms with Crippen LogP contribution >= 0.6 is 0 Å². The van der Waals surface area contributed by atoms with E-state index in [2.05, 4.69) is 17.2 Å². The van der Waals surface area contributed by atoms with E-state index in [1.54, 1.807) is 6.92 Å². The van der Waals surface area contributed by atoms with Gasteiger partial charge in [0.15, 0.2) is 0 Å². The summed E-state index contributed by atoms with van der Waals surface area (Å²) >= 11 is 0. The Morgan fingerprint density at radius 2 is 1.24 bits per heavy atom. The summed E-state index contributed by atoms with van der Waals surface area (Å²) in [6.45, 7) is 1.80. The molecule has 0 aromatic carbocycles. The molecule has 0 heterocycles. The molecule has 0 spiro atoms. The fraction of sp³-hybridized carbons (Fsp3) is 0.800. The largest absolute Gasteiger partial charge is 0.481 e. The van der Waals surface area contributed by atoms with E-state index in [0.29, 0.717) is 32.2 Å². The first kappa shape index (κ1) is 35.6. The van der Waals surface area contributed by atoms with Gasteiger partial charge >= 0.3 is 5.97 Å². The van der Waals surface area contributed by atoms with Crippen molar-refractivity contribution in [1.82, 2.24) is 5.32 Å². The molecule has 1 unspecified atom stereocenters. The van der Waals surface area contributed by atoms with Crippen molar-refractivity contribution in [3.05, 3.63) is 0 Å². The van der Waals surface area contributed by atoms with Crippen molar-refractivity contribution in [2.24, 2.45) is 17.6 Å². The van der Waals surface area contributed by atoms with Crippen LogP contribution in [0.15, 0.2) is 0 Å². The van der Waals surface area contributed by atoms with Crippen molar-refractivity contribution in [1.29, 1.82) is 0 Å². The molecule has 0 fully saturated rings. The van der Waals surface area contributed by atoms with Crippen LogP contribution in [0, 0.1) is 23.7 Å². The van der Waals surface area contributed by atoms with Crippen LogP contribution in [-0.4, -0.2) is 46.9 Å². The zero-order chi connectivity index (χ0) is 28.4. The molecule has 0 saturated heterocycles. The monoisotopic (exact) mass is 536 g/mol. The maximum atomic E-state index is 12.0. The predicted molar refractivity (Wildman–Crippen MR) is 150 cm³/mol. The van der Waals surface area contributed by atoms with E-state index in [1.165, 1.54) is 57.8 Å². The Kier molecular flexibility index (Phi) is 23.3. The molecular formula is C30H52N2O6. The minimum atomic E-state index is -0.858. The summed E-state index contributed by atoms with van der Waals surface area (Å²) in [4.78, 5) is 45.5. The highest BCUT2D eigenvalue weighted by atomic mass is 16.4. The van der Waals surface area contributed by atoms with Crippen molar-refractivity contribution < 1.29 is 29.4 Å². The molecule has 0 radical (unpaired) electrons. The lowest BCUT2D eigenvalue weighted by Crippen LogP contribution is -2.29. The van der Waals surface area contributed by atoms with Gasteiger partial charge in [-0.1, -0.05) is 83.0 Å². The zero-order valence-corrected chi connectivity index (χ0v) is 23.6. The second kappa shape index (κ2) is 24.9. The summed E-state index contributed by atoms with van der Waals surface area (Å²) in [6.07, 6.45) is 18.3. The average Bonchev–Trinajstić information content (AvgIpc) is 2.88. The SMILES string of the molecule is CC(C#CCCCNC(=O)CCCCCCCCCCCCCCCCC(=O)O)C(=O)C[C@@H](CO)C(N)=O. The number of hydrogen-bond donors (Lipinski definition) is 4. The summed E-state index contributed by atoms with van der Waals surface area (Å²) < 4.78 is 0. The van der Waals surface area contributed by atoms with Gasteiger partial charge in [-0.3, -0.25) is 19.2 Å². The Morgan fingerprint density at radius 1 is 0.763 bits per heavy atom. The third-order valence-corrected chi connectivity index (χ3v) is 6.72. The third kappa shape index (κ3) is 22.8. The Balaban J connectivity index is 3.51. The number of carboxylic acids is 1. The quantitative estimate of drug-likeness (QED) is 0.0964. The number of aliphatic hydroxyl groups excluding tert-OH is 1. The second-order valence-corrected chi connectivity index (χ2v) is 10.3. The Hall–Kier alpha value is -2.40. The van der Waals surface area contributed by atoms with E-state index < -0.39 is 30.3 Å². The molecule has 0 aromatic heterocycles. The summed E-state index contributed by atoms with van der Waals surface area (Å²) in [5, 5.41) is 20.6. The normalized spacial score (nSPS) is 12.3. The van der Waals surface area contributed by atoms with Gasteiger partial charge in [-0.15, -0.1) is 5.92 Å². The number of Topliss-reactive ketones (excluding diaryl/α,β-unsaturated/α-hetero) is 1. The Bertz CT molecular complexity index is 728. The summed E-state index contributed by atoms with van der Waals surface area (Å²) in [5.74, 6) is 2.92. The van der Waals surface area contributed by atoms with Crippen molar-refractivity contribution in [3.8, 4) is 11.8 Å². The number of nitrogens with one attached hydrogen (secondary N) is 1. The van der Waals surface area contributed by atoms with E-state index in [9.17, 15) is 19.2 Å². The van der Waals surface area contributed by atoms with Gasteiger partial charge < -0.3 is 21.3 Å². The van der Waals surface area contributed by atoms with Crippen molar-refractivity contribution in [2.45, 2.75) is 129 Å². The number of nitrogens with two attached hydrogens (primary N) is 1. The number of hydrogen-bond acceptors (Lipinski definition) is 5. The molecule has 218 valence electrons. The molecule has 0 saturated carbocycles. The molecule has 5 N–H and O–H groups in total. The fourth-order valence-electron chi connectivity index (χ4n) is 4.16. The number of amides is 2. The van der Waals surface area contributed by atoms with Crippen LogP contribution in [0.1, 0.15) is 129 Å². The molecule has 0 aliphatic heterocycles. The van der Waals surface area contributed by atoms with Gasteiger partial charge in [0.2, 0.25) is 11.8 Å². The third-order valence-electron chi connectivity index (χ3n) is 6.72. The minimum Gasteiger partial charge on any atom is -0.481 e. The highest BCUT2D eigenvalue weighted by Gasteiger charge is 2.21. The minimum absolute atomic E-state index is 0.0740. The number of ketones is 1. The second-order valence-electron chi connectivity index (χ2n) is 10.3. The van der Waals surface area contributed by atoms with E-state index >= 15 is 0 Å². The van der Waals surface area contributed by atoms with E-state index in [-0.39, 0.29) is 18.1 Å². The number of carbonyl (C=O) groups is 4. The van der Waals surface area contributed by atoms with Gasteiger partial charge in [-0.05, 0) is 26.2 Å². The Morgan fingerprint density at radius 3 is 1.68 bits per heavy atom. The lowest BCUT2D eigenvalue weighted by molar-refractivity contribution is -0.137. The van der Waals surface area contributed by atoms with Crippen LogP contribution in [-0.2, 0) is 19.2 Å². The lowest BCUT2D eigenvalue weighted by atomic mass is 9.95. The first-order valence-electron chi connectivity index (χ1n) is 14.7. The molecule has 0 rings (SSSR count). The zero-order valence-electron chi connectivity index (χ0n) is 23.6. The van der Waals surface area contributed by atoms with E-state index in [4.69, 9.17) is 15.9 Å². The van der Waals surface area contributed by atoms with Crippen molar-refractivity contribution in [3.63, 3.8) is 0 Å². The van der Waals surface area contributed by atoms with Gasteiger partial charge in [0.25, 0.3) is 0 Å². The molecule has 2 atom stereocenters. The maximum absolute atomic E-state index is 12.0. The number of rotatable bonds is 25. The van der Waals surface area contributed by atoms with Gasteiger partial charge in [-0.2, -0.15) is 0 Å². The molecule has 2 amide bonds. The molecular weight excluding hydrogens is 484 g/mol. The first-order valence-corrected chi connectivity index (χ1v) is 14.7. The smallest absolute Gasteiger partial charge is 0.303 e. The van der Waals surface area contributed by atoms with Crippen LogP contribution in [0.3, 0.4) is 0 Å². The molecule has 8 nitrogen and oxygen atoms in total. The highest BCUT2D eigenvalue weighted by molar-refractivity contribution is 5.88. The van der Waals surface area contributed by atoms with Crippen LogP contribution in [0.5, 0.6) is 0 Å². The van der Waals surface area contributed by atoms with Crippen LogP contribution in [0.25, 0.3) is 0 Å². The highest BCUT2D eigenvalue weighted by Crippen LogP contribution is 2.14. The fourth-order valence-corrected chi connectivity index (χ4v) is 4.16. The number of primary amides is 1. The summed E-state index contributed by atoms with van der Waals surface area (Å²) in [5.41, 5.74) is 5.14. The number of carboxylic acid groups (broad SMARTS) is 1. The topological polar surface area (TPSA) is 147 Å². The predicted octanol–water partition coefficient (Wildman–Crippen LogP) is 4.90. The Labute approximate surface area is 229 Å². The number of unbranched alkanes of at least 4 members (excludes halogenated alkanes) is 14. The molecule has 0 aliphatic carbocycles. The van der Waals surface area contributed by atoms with Crippen molar-refractivity contribution in [2.75, 3.05) is 13.2 Å². The van der Waals surface area contributed by atoms with Gasteiger partial charge in [-0.25, -0.2) is 0 Å². The number of aliphatic hydroxyl groups is 1.